The van der Waals surface area contributed by atoms with Crippen LogP contribution in [0.1, 0.15) is 17.2 Å². The molecular weight excluding hydrogens is 378 g/mol. The lowest BCUT2D eigenvalue weighted by molar-refractivity contribution is -0.130. The first-order chi connectivity index (χ1) is 12.3. The van der Waals surface area contributed by atoms with Gasteiger partial charge in [0.1, 0.15) is 11.6 Å². The maximum atomic E-state index is 12.1. The van der Waals surface area contributed by atoms with Crippen molar-refractivity contribution < 1.29 is 22.5 Å². The van der Waals surface area contributed by atoms with Crippen LogP contribution in [0, 0.1) is 0 Å². The van der Waals surface area contributed by atoms with Gasteiger partial charge in [0.2, 0.25) is 5.91 Å². The lowest BCUT2D eigenvalue weighted by atomic mass is 10.1. The van der Waals surface area contributed by atoms with Crippen molar-refractivity contribution in [1.82, 2.24) is 4.90 Å². The molecule has 6 nitrogen and oxygen atoms in total. The van der Waals surface area contributed by atoms with Crippen molar-refractivity contribution >= 4 is 27.6 Å². The summed E-state index contributed by atoms with van der Waals surface area (Å²) >= 11 is 5.68. The molecular formula is C18H20ClNO5S. The minimum atomic E-state index is -3.61. The molecule has 140 valence electrons. The normalized spacial score (nSPS) is 12.4. The number of carbonyl (C=O) groups excluding carboxylic acids is 1. The van der Waals surface area contributed by atoms with Crippen LogP contribution in [0.15, 0.2) is 54.6 Å². The van der Waals surface area contributed by atoms with Crippen molar-refractivity contribution in [3.63, 3.8) is 0 Å². The average Bonchev–Trinajstić information content (AvgIpc) is 2.60. The Hall–Kier alpha value is -2.09. The standard InChI is InChI=1S/C18H20ClNO5S/c1-26(23,24)25-16-9-7-15(8-10-16)17(21)13-20(18(22)11-19)12-14-5-3-2-4-6-14/h2-10,17,21H,11-13H2,1H3. The molecule has 8 heteroatoms. The maximum Gasteiger partial charge on any atom is 0.306 e. The highest BCUT2D eigenvalue weighted by Crippen LogP contribution is 2.20. The third kappa shape index (κ3) is 6.33. The lowest BCUT2D eigenvalue weighted by Gasteiger charge is -2.25. The summed E-state index contributed by atoms with van der Waals surface area (Å²) in [5.74, 6) is -0.311. The Balaban J connectivity index is 2.08. The number of amides is 1. The van der Waals surface area contributed by atoms with Crippen LogP contribution < -0.4 is 4.18 Å². The van der Waals surface area contributed by atoms with E-state index in [1.807, 2.05) is 30.3 Å². The monoisotopic (exact) mass is 397 g/mol. The summed E-state index contributed by atoms with van der Waals surface area (Å²) in [5.41, 5.74) is 1.46. The fourth-order valence-corrected chi connectivity index (χ4v) is 3.01. The number of hydrogen-bond acceptors (Lipinski definition) is 5. The van der Waals surface area contributed by atoms with E-state index >= 15 is 0 Å². The second-order valence-corrected chi connectivity index (χ2v) is 7.61. The van der Waals surface area contributed by atoms with E-state index in [-0.39, 0.29) is 24.1 Å². The number of nitrogens with zero attached hydrogens (tertiary/aromatic N) is 1. The highest BCUT2D eigenvalue weighted by atomic mass is 35.5. The molecule has 1 unspecified atom stereocenters. The van der Waals surface area contributed by atoms with Crippen molar-refractivity contribution in [2.24, 2.45) is 0 Å². The van der Waals surface area contributed by atoms with Crippen LogP contribution in [0.5, 0.6) is 5.75 Å². The minimum Gasteiger partial charge on any atom is -0.387 e. The van der Waals surface area contributed by atoms with Crippen LogP contribution in [0.3, 0.4) is 0 Å². The fraction of sp³-hybridized carbons (Fsp3) is 0.278. The Morgan fingerprint density at radius 3 is 2.31 bits per heavy atom. The molecule has 26 heavy (non-hydrogen) atoms. The second kappa shape index (κ2) is 9.02. The SMILES string of the molecule is CS(=O)(=O)Oc1ccc(C(O)CN(Cc2ccccc2)C(=O)CCl)cc1. The molecule has 1 atom stereocenters. The molecule has 0 aromatic heterocycles. The van der Waals surface area contributed by atoms with E-state index < -0.39 is 16.2 Å². The zero-order valence-electron chi connectivity index (χ0n) is 14.2. The van der Waals surface area contributed by atoms with Gasteiger partial charge in [0.15, 0.2) is 0 Å². The highest BCUT2D eigenvalue weighted by molar-refractivity contribution is 7.86. The van der Waals surface area contributed by atoms with Gasteiger partial charge in [-0.05, 0) is 23.3 Å². The van der Waals surface area contributed by atoms with Crippen LogP contribution >= 0.6 is 11.6 Å². The largest absolute Gasteiger partial charge is 0.387 e. The van der Waals surface area contributed by atoms with Gasteiger partial charge in [-0.2, -0.15) is 8.42 Å². The molecule has 0 saturated heterocycles. The molecule has 2 aromatic carbocycles. The van der Waals surface area contributed by atoms with Gasteiger partial charge in [0, 0.05) is 6.54 Å². The number of benzene rings is 2. The first-order valence-corrected chi connectivity index (χ1v) is 10.2. The second-order valence-electron chi connectivity index (χ2n) is 5.77. The molecule has 0 fully saturated rings. The van der Waals surface area contributed by atoms with Gasteiger partial charge in [0.05, 0.1) is 18.9 Å². The fourth-order valence-electron chi connectivity index (χ4n) is 2.38. The summed E-state index contributed by atoms with van der Waals surface area (Å²) < 4.78 is 27.0. The number of hydrogen-bond donors (Lipinski definition) is 1. The number of rotatable bonds is 8. The van der Waals surface area contributed by atoms with E-state index in [4.69, 9.17) is 15.8 Å². The predicted molar refractivity (Wildman–Crippen MR) is 99.5 cm³/mol. The zero-order chi connectivity index (χ0) is 19.2. The van der Waals surface area contributed by atoms with Crippen LogP contribution in [-0.2, 0) is 21.5 Å². The summed E-state index contributed by atoms with van der Waals surface area (Å²) in [6.07, 6.45) is 0.00721. The third-order valence-corrected chi connectivity index (χ3v) is 4.31. The van der Waals surface area contributed by atoms with Gasteiger partial charge < -0.3 is 14.2 Å². The predicted octanol–water partition coefficient (Wildman–Crippen LogP) is 2.33. The molecule has 0 radical (unpaired) electrons. The molecule has 1 N–H and O–H groups in total. The molecule has 0 saturated carbocycles. The van der Waals surface area contributed by atoms with Crippen LogP contribution in [0.25, 0.3) is 0 Å². The summed E-state index contributed by atoms with van der Waals surface area (Å²) in [4.78, 5) is 13.6. The first kappa shape index (κ1) is 20.2. The van der Waals surface area contributed by atoms with E-state index in [9.17, 15) is 18.3 Å². The molecule has 1 amide bonds. The maximum absolute atomic E-state index is 12.1. The van der Waals surface area contributed by atoms with Crippen LogP contribution in [-0.4, -0.2) is 43.0 Å². The number of alkyl halides is 1. The third-order valence-electron chi connectivity index (χ3n) is 3.59. The summed E-state index contributed by atoms with van der Waals surface area (Å²) in [6.45, 7) is 0.394. The smallest absolute Gasteiger partial charge is 0.306 e. The van der Waals surface area contributed by atoms with E-state index in [0.717, 1.165) is 11.8 Å². The molecule has 0 heterocycles. The summed E-state index contributed by atoms with van der Waals surface area (Å²) in [6, 6.07) is 15.4. The van der Waals surface area contributed by atoms with E-state index in [1.165, 1.54) is 17.0 Å². The molecule has 2 aromatic rings. The molecule has 0 aliphatic heterocycles. The number of halogens is 1. The quantitative estimate of drug-likeness (QED) is 0.546. The number of aliphatic hydroxyl groups excluding tert-OH is 1. The van der Waals surface area contributed by atoms with Gasteiger partial charge >= 0.3 is 10.1 Å². The zero-order valence-corrected chi connectivity index (χ0v) is 15.8. The Bertz CT molecular complexity index is 824. The highest BCUT2D eigenvalue weighted by Gasteiger charge is 2.19. The van der Waals surface area contributed by atoms with E-state index in [2.05, 4.69) is 0 Å². The Morgan fingerprint density at radius 1 is 1.15 bits per heavy atom. The van der Waals surface area contributed by atoms with Gasteiger partial charge in [0.25, 0.3) is 0 Å². The molecule has 0 spiro atoms. The van der Waals surface area contributed by atoms with Crippen LogP contribution in [0.4, 0.5) is 0 Å². The number of carbonyl (C=O) groups is 1. The van der Waals surface area contributed by atoms with Crippen molar-refractivity contribution in [2.75, 3.05) is 18.7 Å². The molecule has 0 bridgehead atoms. The van der Waals surface area contributed by atoms with E-state index in [1.54, 1.807) is 12.1 Å². The minimum absolute atomic E-state index is 0.0622. The Morgan fingerprint density at radius 2 is 1.77 bits per heavy atom. The first-order valence-electron chi connectivity index (χ1n) is 7.83. The van der Waals surface area contributed by atoms with Crippen molar-refractivity contribution in [3.8, 4) is 5.75 Å². The Labute approximate surface area is 158 Å². The van der Waals surface area contributed by atoms with Gasteiger partial charge in [-0.1, -0.05) is 42.5 Å². The Kier molecular flexibility index (Phi) is 7.02. The average molecular weight is 398 g/mol. The lowest BCUT2D eigenvalue weighted by Crippen LogP contribution is -2.35. The van der Waals surface area contributed by atoms with Crippen molar-refractivity contribution in [2.45, 2.75) is 12.6 Å². The van der Waals surface area contributed by atoms with Crippen molar-refractivity contribution in [1.29, 1.82) is 0 Å². The van der Waals surface area contributed by atoms with Crippen molar-refractivity contribution in [3.05, 3.63) is 65.7 Å². The van der Waals surface area contributed by atoms with E-state index in [0.29, 0.717) is 12.1 Å². The van der Waals surface area contributed by atoms with Crippen LogP contribution in [0.2, 0.25) is 0 Å². The summed E-state index contributed by atoms with van der Waals surface area (Å²) in [5, 5.41) is 10.4. The molecule has 0 aliphatic rings. The van der Waals surface area contributed by atoms with Gasteiger partial charge in [-0.15, -0.1) is 11.6 Å². The molecule has 0 aliphatic carbocycles. The summed E-state index contributed by atoms with van der Waals surface area (Å²) in [7, 11) is -3.61. The van der Waals surface area contributed by atoms with Gasteiger partial charge in [-0.3, -0.25) is 4.79 Å². The number of aliphatic hydroxyl groups is 1. The van der Waals surface area contributed by atoms with Gasteiger partial charge in [-0.25, -0.2) is 0 Å². The topological polar surface area (TPSA) is 83.9 Å². The molecule has 2 rings (SSSR count).